The minimum atomic E-state index is -0.0813. The van der Waals surface area contributed by atoms with Crippen LogP contribution in [0, 0.1) is 0 Å². The topological polar surface area (TPSA) is 58.2 Å². The van der Waals surface area contributed by atoms with Gasteiger partial charge in [0, 0.05) is 19.7 Å². The standard InChI is InChI=1S/C25H31N3O2/c1-25(2,3)19-12-10-18(11-13-19)15-28(16-20-7-6-14-30-20)17-23-26-22-9-5-4-8-21(22)24(29)27-23/h4-5,8-13,20H,6-7,14-17H2,1-3H3,(H,26,27,29). The molecule has 5 nitrogen and oxygen atoms in total. The molecule has 0 spiro atoms. The van der Waals surface area contributed by atoms with Gasteiger partial charge in [0.15, 0.2) is 0 Å². The minimum Gasteiger partial charge on any atom is -0.377 e. The molecule has 0 bridgehead atoms. The van der Waals surface area contributed by atoms with E-state index in [1.54, 1.807) is 0 Å². The average Bonchev–Trinajstić information content (AvgIpc) is 3.21. The quantitative estimate of drug-likeness (QED) is 0.660. The molecule has 1 fully saturated rings. The van der Waals surface area contributed by atoms with Crippen molar-refractivity contribution in [2.24, 2.45) is 0 Å². The predicted molar refractivity (Wildman–Crippen MR) is 121 cm³/mol. The van der Waals surface area contributed by atoms with E-state index in [9.17, 15) is 4.79 Å². The van der Waals surface area contributed by atoms with Gasteiger partial charge in [0.05, 0.1) is 23.6 Å². The molecule has 1 N–H and O–H groups in total. The van der Waals surface area contributed by atoms with Crippen molar-refractivity contribution in [1.82, 2.24) is 14.9 Å². The highest BCUT2D eigenvalue weighted by atomic mass is 16.5. The normalized spacial score (nSPS) is 17.1. The third-order valence-electron chi connectivity index (χ3n) is 5.75. The Bertz CT molecular complexity index is 1040. The lowest BCUT2D eigenvalue weighted by Crippen LogP contribution is -2.32. The molecule has 30 heavy (non-hydrogen) atoms. The van der Waals surface area contributed by atoms with Gasteiger partial charge in [-0.05, 0) is 41.5 Å². The van der Waals surface area contributed by atoms with Gasteiger partial charge in [-0.2, -0.15) is 0 Å². The summed E-state index contributed by atoms with van der Waals surface area (Å²) in [5, 5.41) is 0.629. The maximum atomic E-state index is 12.5. The Labute approximate surface area is 178 Å². The third kappa shape index (κ3) is 4.97. The Morgan fingerprint density at radius 2 is 1.87 bits per heavy atom. The van der Waals surface area contributed by atoms with Crippen LogP contribution >= 0.6 is 0 Å². The highest BCUT2D eigenvalue weighted by Gasteiger charge is 2.21. The molecular formula is C25H31N3O2. The van der Waals surface area contributed by atoms with E-state index in [4.69, 9.17) is 9.72 Å². The number of rotatable bonds is 6. The number of aromatic amines is 1. The first-order valence-corrected chi connectivity index (χ1v) is 10.8. The molecular weight excluding hydrogens is 374 g/mol. The molecule has 0 radical (unpaired) electrons. The molecule has 1 aromatic heterocycles. The van der Waals surface area contributed by atoms with Crippen LogP contribution in [0.4, 0.5) is 0 Å². The van der Waals surface area contributed by atoms with Gasteiger partial charge >= 0.3 is 0 Å². The monoisotopic (exact) mass is 405 g/mol. The molecule has 0 amide bonds. The highest BCUT2D eigenvalue weighted by molar-refractivity contribution is 5.77. The van der Waals surface area contributed by atoms with Gasteiger partial charge in [0.1, 0.15) is 5.82 Å². The summed E-state index contributed by atoms with van der Waals surface area (Å²) in [7, 11) is 0. The molecule has 0 aliphatic carbocycles. The number of ether oxygens (including phenoxy) is 1. The summed E-state index contributed by atoms with van der Waals surface area (Å²) in [6.07, 6.45) is 2.44. The molecule has 1 aliphatic heterocycles. The van der Waals surface area contributed by atoms with Crippen LogP contribution in [0.15, 0.2) is 53.3 Å². The van der Waals surface area contributed by atoms with Crippen molar-refractivity contribution in [3.63, 3.8) is 0 Å². The van der Waals surface area contributed by atoms with Crippen molar-refractivity contribution in [3.05, 3.63) is 75.8 Å². The number of nitrogens with one attached hydrogen (secondary N) is 1. The van der Waals surface area contributed by atoms with Crippen LogP contribution in [-0.2, 0) is 23.2 Å². The summed E-state index contributed by atoms with van der Waals surface area (Å²) >= 11 is 0. The third-order valence-corrected chi connectivity index (χ3v) is 5.75. The van der Waals surface area contributed by atoms with Crippen LogP contribution in [0.25, 0.3) is 10.9 Å². The summed E-state index contributed by atoms with van der Waals surface area (Å²) < 4.78 is 5.88. The molecule has 3 aromatic rings. The molecule has 158 valence electrons. The molecule has 1 atom stereocenters. The number of fused-ring (bicyclic) bond motifs is 1. The van der Waals surface area contributed by atoms with Crippen LogP contribution in [0.3, 0.4) is 0 Å². The molecule has 1 saturated heterocycles. The number of benzene rings is 2. The van der Waals surface area contributed by atoms with Crippen LogP contribution in [0.2, 0.25) is 0 Å². The van der Waals surface area contributed by atoms with Crippen molar-refractivity contribution >= 4 is 10.9 Å². The molecule has 1 unspecified atom stereocenters. The van der Waals surface area contributed by atoms with Crippen molar-refractivity contribution in [3.8, 4) is 0 Å². The van der Waals surface area contributed by atoms with E-state index in [1.807, 2.05) is 24.3 Å². The number of nitrogens with zero attached hydrogens (tertiary/aromatic N) is 2. The SMILES string of the molecule is CC(C)(C)c1ccc(CN(Cc2nc3ccccc3c(=O)[nH]2)CC2CCCO2)cc1. The van der Waals surface area contributed by atoms with Crippen LogP contribution in [0.1, 0.15) is 50.6 Å². The van der Waals surface area contributed by atoms with E-state index in [-0.39, 0.29) is 17.1 Å². The van der Waals surface area contributed by atoms with E-state index in [1.165, 1.54) is 11.1 Å². The number of aromatic nitrogens is 2. The lowest BCUT2D eigenvalue weighted by atomic mass is 9.87. The van der Waals surface area contributed by atoms with Crippen LogP contribution < -0.4 is 5.56 Å². The van der Waals surface area contributed by atoms with Crippen molar-refractivity contribution in [1.29, 1.82) is 0 Å². The van der Waals surface area contributed by atoms with E-state index in [0.717, 1.165) is 38.1 Å². The fourth-order valence-corrected chi connectivity index (χ4v) is 4.05. The molecule has 1 aliphatic rings. The molecule has 5 heteroatoms. The maximum Gasteiger partial charge on any atom is 0.258 e. The van der Waals surface area contributed by atoms with E-state index in [0.29, 0.717) is 17.8 Å². The molecule has 2 aromatic carbocycles. The maximum absolute atomic E-state index is 12.5. The largest absolute Gasteiger partial charge is 0.377 e. The van der Waals surface area contributed by atoms with Gasteiger partial charge in [-0.3, -0.25) is 9.69 Å². The second kappa shape index (κ2) is 8.70. The van der Waals surface area contributed by atoms with Crippen molar-refractivity contribution in [2.45, 2.75) is 58.2 Å². The van der Waals surface area contributed by atoms with Gasteiger partial charge in [-0.25, -0.2) is 4.98 Å². The first kappa shape index (κ1) is 20.8. The number of hydrogen-bond acceptors (Lipinski definition) is 4. The zero-order chi connectivity index (χ0) is 21.1. The molecule has 0 saturated carbocycles. The zero-order valence-corrected chi connectivity index (χ0v) is 18.1. The van der Waals surface area contributed by atoms with E-state index >= 15 is 0 Å². The van der Waals surface area contributed by atoms with Gasteiger partial charge in [-0.15, -0.1) is 0 Å². The fraction of sp³-hybridized carbons (Fsp3) is 0.440. The number of hydrogen-bond donors (Lipinski definition) is 1. The van der Waals surface area contributed by atoms with E-state index < -0.39 is 0 Å². The van der Waals surface area contributed by atoms with E-state index in [2.05, 4.69) is 54.9 Å². The van der Waals surface area contributed by atoms with Gasteiger partial charge in [-0.1, -0.05) is 57.2 Å². The minimum absolute atomic E-state index is 0.0813. The highest BCUT2D eigenvalue weighted by Crippen LogP contribution is 2.23. The van der Waals surface area contributed by atoms with Crippen LogP contribution in [0.5, 0.6) is 0 Å². The first-order valence-electron chi connectivity index (χ1n) is 10.8. The zero-order valence-electron chi connectivity index (χ0n) is 18.1. The Hall–Kier alpha value is -2.50. The molecule has 4 rings (SSSR count). The van der Waals surface area contributed by atoms with Crippen LogP contribution in [-0.4, -0.2) is 34.1 Å². The lowest BCUT2D eigenvalue weighted by Gasteiger charge is -2.25. The lowest BCUT2D eigenvalue weighted by molar-refractivity contribution is 0.0670. The summed E-state index contributed by atoms with van der Waals surface area (Å²) in [5.41, 5.74) is 3.39. The summed E-state index contributed by atoms with van der Waals surface area (Å²) in [6.45, 7) is 9.73. The Morgan fingerprint density at radius 3 is 2.57 bits per heavy atom. The predicted octanol–water partition coefficient (Wildman–Crippen LogP) is 4.40. The smallest absolute Gasteiger partial charge is 0.258 e. The number of H-pyrrole nitrogens is 1. The summed E-state index contributed by atoms with van der Waals surface area (Å²) in [6, 6.07) is 16.3. The first-order chi connectivity index (χ1) is 14.4. The van der Waals surface area contributed by atoms with Crippen molar-refractivity contribution < 1.29 is 4.74 Å². The second-order valence-corrected chi connectivity index (χ2v) is 9.28. The molecule has 2 heterocycles. The van der Waals surface area contributed by atoms with Gasteiger partial charge in [0.25, 0.3) is 5.56 Å². The Kier molecular flexibility index (Phi) is 6.02. The summed E-state index contributed by atoms with van der Waals surface area (Å²) in [4.78, 5) is 22.5. The Balaban J connectivity index is 1.56. The fourth-order valence-electron chi connectivity index (χ4n) is 4.05. The number of para-hydroxylation sites is 1. The van der Waals surface area contributed by atoms with Gasteiger partial charge < -0.3 is 9.72 Å². The summed E-state index contributed by atoms with van der Waals surface area (Å²) in [5.74, 6) is 0.697. The van der Waals surface area contributed by atoms with Gasteiger partial charge in [0.2, 0.25) is 0 Å². The second-order valence-electron chi connectivity index (χ2n) is 9.28. The van der Waals surface area contributed by atoms with Crippen molar-refractivity contribution in [2.75, 3.05) is 13.2 Å². The Morgan fingerprint density at radius 1 is 1.10 bits per heavy atom. The average molecular weight is 406 g/mol.